The first kappa shape index (κ1) is 26.2. The summed E-state index contributed by atoms with van der Waals surface area (Å²) in [6, 6.07) is 21.9. The molecule has 1 atom stereocenters. The number of hydrogen-bond acceptors (Lipinski definition) is 4. The van der Waals surface area contributed by atoms with Gasteiger partial charge in [-0.05, 0) is 65.6 Å². The summed E-state index contributed by atoms with van der Waals surface area (Å²) in [6.45, 7) is 4.87. The van der Waals surface area contributed by atoms with Crippen molar-refractivity contribution in [3.05, 3.63) is 88.9 Å². The average Bonchev–Trinajstić information content (AvgIpc) is 3.29. The largest absolute Gasteiger partial charge is 0.484 e. The van der Waals surface area contributed by atoms with Crippen molar-refractivity contribution >= 4 is 40.7 Å². The van der Waals surface area contributed by atoms with E-state index in [0.29, 0.717) is 41.2 Å². The van der Waals surface area contributed by atoms with Gasteiger partial charge in [0.1, 0.15) is 5.75 Å². The monoisotopic (exact) mass is 519 g/mol. The van der Waals surface area contributed by atoms with Gasteiger partial charge in [0, 0.05) is 35.9 Å². The number of rotatable bonds is 9. The zero-order valence-corrected chi connectivity index (χ0v) is 21.6. The third-order valence-electron chi connectivity index (χ3n) is 6.26. The van der Waals surface area contributed by atoms with Crippen molar-refractivity contribution in [3.8, 4) is 5.75 Å². The number of nitrogens with one attached hydrogen (secondary N) is 2. The number of anilines is 2. The molecule has 192 valence electrons. The molecular weight excluding hydrogens is 490 g/mol. The summed E-state index contributed by atoms with van der Waals surface area (Å²) in [4.78, 5) is 39.1. The van der Waals surface area contributed by atoms with Gasteiger partial charge in [-0.15, -0.1) is 0 Å². The van der Waals surface area contributed by atoms with Crippen molar-refractivity contribution in [1.82, 2.24) is 5.32 Å². The number of halogens is 1. The lowest BCUT2D eigenvalue weighted by atomic mass is 10.0. The zero-order chi connectivity index (χ0) is 26.4. The number of nitrogens with zero attached hydrogens (tertiary/aromatic N) is 1. The minimum atomic E-state index is -0.407. The first-order valence-electron chi connectivity index (χ1n) is 12.2. The number of benzene rings is 3. The highest BCUT2D eigenvalue weighted by atomic mass is 35.5. The van der Waals surface area contributed by atoms with Gasteiger partial charge in [-0.25, -0.2) is 0 Å². The molecule has 1 fully saturated rings. The van der Waals surface area contributed by atoms with Crippen molar-refractivity contribution in [2.45, 2.75) is 32.7 Å². The van der Waals surface area contributed by atoms with Gasteiger partial charge in [-0.1, -0.05) is 49.7 Å². The number of hydrogen-bond donors (Lipinski definition) is 2. The van der Waals surface area contributed by atoms with Crippen LogP contribution in [-0.2, 0) is 20.9 Å². The van der Waals surface area contributed by atoms with Crippen LogP contribution in [0.25, 0.3) is 0 Å². The van der Waals surface area contributed by atoms with Crippen LogP contribution < -0.4 is 20.3 Å². The topological polar surface area (TPSA) is 87.7 Å². The molecular formula is C29H30ClN3O4. The SMILES string of the molecule is CC(C)c1ccc(CNC(=O)[C@@H]2CC(=O)N(c3ccc(OCC(=O)Nc4ccc(Cl)cc4)cc3)C2)cc1. The van der Waals surface area contributed by atoms with Crippen molar-refractivity contribution in [3.63, 3.8) is 0 Å². The van der Waals surface area contributed by atoms with Crippen LogP contribution in [0.15, 0.2) is 72.8 Å². The minimum Gasteiger partial charge on any atom is -0.484 e. The van der Waals surface area contributed by atoms with Crippen LogP contribution in [0, 0.1) is 5.92 Å². The van der Waals surface area contributed by atoms with Gasteiger partial charge in [-0.3, -0.25) is 14.4 Å². The molecule has 0 radical (unpaired) electrons. The first-order chi connectivity index (χ1) is 17.8. The summed E-state index contributed by atoms with van der Waals surface area (Å²) in [6.07, 6.45) is 0.168. The quantitative estimate of drug-likeness (QED) is 0.409. The van der Waals surface area contributed by atoms with Crippen molar-refractivity contribution in [2.24, 2.45) is 5.92 Å². The number of carbonyl (C=O) groups is 3. The summed E-state index contributed by atoms with van der Waals surface area (Å²) in [5.74, 6) is 0.0208. The molecule has 8 heteroatoms. The second-order valence-corrected chi connectivity index (χ2v) is 9.79. The molecule has 1 aliphatic heterocycles. The van der Waals surface area contributed by atoms with Crippen LogP contribution in [0.4, 0.5) is 11.4 Å². The zero-order valence-electron chi connectivity index (χ0n) is 20.9. The van der Waals surface area contributed by atoms with Crippen molar-refractivity contribution in [2.75, 3.05) is 23.4 Å². The summed E-state index contributed by atoms with van der Waals surface area (Å²) in [5.41, 5.74) is 3.59. The van der Waals surface area contributed by atoms with E-state index in [0.717, 1.165) is 5.56 Å². The number of ether oxygens (including phenoxy) is 1. The van der Waals surface area contributed by atoms with Gasteiger partial charge in [0.25, 0.3) is 5.91 Å². The molecule has 4 rings (SSSR count). The maximum Gasteiger partial charge on any atom is 0.262 e. The second-order valence-electron chi connectivity index (χ2n) is 9.36. The van der Waals surface area contributed by atoms with Crippen LogP contribution in [0.5, 0.6) is 5.75 Å². The first-order valence-corrected chi connectivity index (χ1v) is 12.6. The fourth-order valence-corrected chi connectivity index (χ4v) is 4.21. The molecule has 0 spiro atoms. The van der Waals surface area contributed by atoms with E-state index in [9.17, 15) is 14.4 Å². The van der Waals surface area contributed by atoms with Gasteiger partial charge in [0.15, 0.2) is 6.61 Å². The molecule has 0 aromatic heterocycles. The molecule has 0 aliphatic carbocycles. The van der Waals surface area contributed by atoms with E-state index in [1.165, 1.54) is 5.56 Å². The number of carbonyl (C=O) groups excluding carboxylic acids is 3. The van der Waals surface area contributed by atoms with Gasteiger partial charge in [-0.2, -0.15) is 0 Å². The van der Waals surface area contributed by atoms with Crippen LogP contribution in [0.3, 0.4) is 0 Å². The standard InChI is InChI=1S/C29H30ClN3O4/c1-19(2)21-5-3-20(4-6-21)16-31-29(36)22-15-28(35)33(17-22)25-11-13-26(14-12-25)37-18-27(34)32-24-9-7-23(30)8-10-24/h3-14,19,22H,15-18H2,1-2H3,(H,31,36)(H,32,34)/t22-/m1/s1. The van der Waals surface area contributed by atoms with E-state index < -0.39 is 5.92 Å². The van der Waals surface area contributed by atoms with E-state index >= 15 is 0 Å². The normalized spacial score (nSPS) is 15.1. The molecule has 37 heavy (non-hydrogen) atoms. The predicted molar refractivity (Wildman–Crippen MR) is 145 cm³/mol. The molecule has 2 N–H and O–H groups in total. The fraction of sp³-hybridized carbons (Fsp3) is 0.276. The third-order valence-corrected chi connectivity index (χ3v) is 6.51. The predicted octanol–water partition coefficient (Wildman–Crippen LogP) is 5.15. The Morgan fingerprint density at radius 2 is 1.68 bits per heavy atom. The summed E-state index contributed by atoms with van der Waals surface area (Å²) in [5, 5.41) is 6.28. The van der Waals surface area contributed by atoms with Crippen molar-refractivity contribution < 1.29 is 19.1 Å². The third kappa shape index (κ3) is 7.11. The summed E-state index contributed by atoms with van der Waals surface area (Å²) >= 11 is 5.85. The minimum absolute atomic E-state index is 0.0996. The highest BCUT2D eigenvalue weighted by molar-refractivity contribution is 6.30. The smallest absolute Gasteiger partial charge is 0.262 e. The number of amides is 3. The molecule has 0 unspecified atom stereocenters. The molecule has 3 aromatic rings. The lowest BCUT2D eigenvalue weighted by molar-refractivity contribution is -0.126. The van der Waals surface area contributed by atoms with E-state index in [-0.39, 0.29) is 30.7 Å². The fourth-order valence-electron chi connectivity index (χ4n) is 4.09. The Balaban J connectivity index is 1.25. The molecule has 0 saturated carbocycles. The molecule has 0 bridgehead atoms. The van der Waals surface area contributed by atoms with Gasteiger partial charge in [0.2, 0.25) is 11.8 Å². The Kier molecular flexibility index (Phi) is 8.46. The maximum absolute atomic E-state index is 12.7. The lowest BCUT2D eigenvalue weighted by Gasteiger charge is -2.17. The molecule has 1 aliphatic rings. The van der Waals surface area contributed by atoms with E-state index in [1.54, 1.807) is 53.4 Å². The second kappa shape index (κ2) is 11.9. The Hall–Kier alpha value is -3.84. The Morgan fingerprint density at radius 3 is 2.32 bits per heavy atom. The Bertz CT molecular complexity index is 1240. The molecule has 3 amide bonds. The molecule has 1 heterocycles. The van der Waals surface area contributed by atoms with E-state index in [1.807, 2.05) is 12.1 Å². The molecule has 1 saturated heterocycles. The van der Waals surface area contributed by atoms with Gasteiger partial charge in [0.05, 0.1) is 5.92 Å². The van der Waals surface area contributed by atoms with Crippen LogP contribution >= 0.6 is 11.6 Å². The van der Waals surface area contributed by atoms with Gasteiger partial charge >= 0.3 is 0 Å². The van der Waals surface area contributed by atoms with Crippen LogP contribution in [0.2, 0.25) is 5.02 Å². The van der Waals surface area contributed by atoms with E-state index in [4.69, 9.17) is 16.3 Å². The summed E-state index contributed by atoms with van der Waals surface area (Å²) < 4.78 is 5.56. The lowest BCUT2D eigenvalue weighted by Crippen LogP contribution is -2.32. The Morgan fingerprint density at radius 1 is 1.00 bits per heavy atom. The Labute approximate surface area is 221 Å². The highest BCUT2D eigenvalue weighted by Crippen LogP contribution is 2.27. The average molecular weight is 520 g/mol. The van der Waals surface area contributed by atoms with Crippen molar-refractivity contribution in [1.29, 1.82) is 0 Å². The van der Waals surface area contributed by atoms with E-state index in [2.05, 4.69) is 36.6 Å². The maximum atomic E-state index is 12.7. The van der Waals surface area contributed by atoms with Crippen LogP contribution in [-0.4, -0.2) is 30.9 Å². The molecule has 3 aromatic carbocycles. The van der Waals surface area contributed by atoms with Crippen LogP contribution in [0.1, 0.15) is 37.3 Å². The molecule has 7 nitrogen and oxygen atoms in total. The highest BCUT2D eigenvalue weighted by Gasteiger charge is 2.35. The summed E-state index contributed by atoms with van der Waals surface area (Å²) in [7, 11) is 0. The van der Waals surface area contributed by atoms with Gasteiger partial charge < -0.3 is 20.3 Å².